The third-order valence-electron chi connectivity index (χ3n) is 5.01. The molecule has 1 heterocycles. The Morgan fingerprint density at radius 3 is 2.62 bits per heavy atom. The lowest BCUT2D eigenvalue weighted by Gasteiger charge is -2.38. The Bertz CT molecular complexity index is 714. The number of aryl methyl sites for hydroxylation is 2. The highest BCUT2D eigenvalue weighted by Gasteiger charge is 2.31. The topological polar surface area (TPSA) is 43.7 Å². The fourth-order valence-corrected chi connectivity index (χ4v) is 3.43. The van der Waals surface area contributed by atoms with Gasteiger partial charge in [0, 0.05) is 12.6 Å². The molecule has 128 valence electrons. The van der Waals surface area contributed by atoms with Crippen LogP contribution in [0.2, 0.25) is 0 Å². The monoisotopic (exact) mass is 329 g/mol. The van der Waals surface area contributed by atoms with E-state index in [1.807, 2.05) is 32.0 Å². The number of hydrogen-bond donors (Lipinski definition) is 2. The number of phenolic OH excluding ortho intramolecular Hbond substituents is 1. The van der Waals surface area contributed by atoms with Crippen molar-refractivity contribution in [1.29, 1.82) is 0 Å². The Labute approximate surface area is 142 Å². The fraction of sp³-hybridized carbons (Fsp3) is 0.400. The van der Waals surface area contributed by atoms with Gasteiger partial charge < -0.3 is 10.2 Å². The molecular formula is C20H24FNO2. The van der Waals surface area contributed by atoms with Crippen LogP contribution in [0.3, 0.4) is 0 Å². The van der Waals surface area contributed by atoms with Crippen LogP contribution in [-0.4, -0.2) is 27.7 Å². The number of benzene rings is 2. The average Bonchev–Trinajstić information content (AvgIpc) is 2.56. The van der Waals surface area contributed by atoms with E-state index in [2.05, 4.69) is 4.90 Å². The molecule has 2 aromatic rings. The Morgan fingerprint density at radius 1 is 1.21 bits per heavy atom. The van der Waals surface area contributed by atoms with Gasteiger partial charge in [0.05, 0.1) is 6.10 Å². The van der Waals surface area contributed by atoms with E-state index in [-0.39, 0.29) is 17.6 Å². The van der Waals surface area contributed by atoms with Gasteiger partial charge in [0.15, 0.2) is 0 Å². The zero-order valence-electron chi connectivity index (χ0n) is 14.2. The van der Waals surface area contributed by atoms with Crippen LogP contribution in [0.25, 0.3) is 0 Å². The summed E-state index contributed by atoms with van der Waals surface area (Å²) in [4.78, 5) is 2.27. The summed E-state index contributed by atoms with van der Waals surface area (Å²) in [5, 5.41) is 20.4. The molecule has 1 aliphatic heterocycles. The standard InChI is InChI=1S/C20H24FNO2/c1-13-10-16-12-22(14(2)20(24)18(16)11-19(13)23)9-3-4-15-5-7-17(21)8-6-15/h5-8,10-11,14,20,23-24H,3-4,9,12H2,1-2H3. The van der Waals surface area contributed by atoms with Gasteiger partial charge in [-0.05, 0) is 73.7 Å². The Balaban J connectivity index is 1.66. The maximum atomic E-state index is 12.9. The molecule has 2 aromatic carbocycles. The molecule has 0 amide bonds. The van der Waals surface area contributed by atoms with Crippen LogP contribution in [0.15, 0.2) is 36.4 Å². The van der Waals surface area contributed by atoms with E-state index >= 15 is 0 Å². The lowest BCUT2D eigenvalue weighted by Crippen LogP contribution is -2.42. The zero-order valence-corrected chi connectivity index (χ0v) is 14.2. The zero-order chi connectivity index (χ0) is 17.3. The first-order valence-electron chi connectivity index (χ1n) is 8.44. The van der Waals surface area contributed by atoms with Crippen molar-refractivity contribution in [3.63, 3.8) is 0 Å². The van der Waals surface area contributed by atoms with E-state index in [4.69, 9.17) is 0 Å². The molecule has 0 saturated heterocycles. The molecule has 0 saturated carbocycles. The van der Waals surface area contributed by atoms with Crippen LogP contribution >= 0.6 is 0 Å². The molecule has 3 rings (SSSR count). The molecule has 2 N–H and O–H groups in total. The second kappa shape index (κ2) is 6.91. The maximum Gasteiger partial charge on any atom is 0.123 e. The second-order valence-electron chi connectivity index (χ2n) is 6.72. The predicted octanol–water partition coefficient (Wildman–Crippen LogP) is 3.71. The number of aliphatic hydroxyl groups excluding tert-OH is 1. The lowest BCUT2D eigenvalue weighted by atomic mass is 9.90. The van der Waals surface area contributed by atoms with Crippen molar-refractivity contribution in [3.8, 4) is 5.75 Å². The number of phenols is 1. The van der Waals surface area contributed by atoms with Crippen LogP contribution in [0, 0.1) is 12.7 Å². The van der Waals surface area contributed by atoms with Gasteiger partial charge in [-0.1, -0.05) is 18.2 Å². The summed E-state index contributed by atoms with van der Waals surface area (Å²) < 4.78 is 12.9. The van der Waals surface area contributed by atoms with Gasteiger partial charge in [0.1, 0.15) is 11.6 Å². The van der Waals surface area contributed by atoms with Gasteiger partial charge in [-0.15, -0.1) is 0 Å². The minimum atomic E-state index is -0.592. The van der Waals surface area contributed by atoms with Crippen LogP contribution < -0.4 is 0 Å². The number of fused-ring (bicyclic) bond motifs is 1. The van der Waals surface area contributed by atoms with E-state index in [0.29, 0.717) is 0 Å². The quantitative estimate of drug-likeness (QED) is 0.899. The highest BCUT2D eigenvalue weighted by Crippen LogP contribution is 2.35. The molecule has 0 fully saturated rings. The number of halogens is 1. The summed E-state index contributed by atoms with van der Waals surface area (Å²) in [5.41, 5.74) is 3.88. The largest absolute Gasteiger partial charge is 0.508 e. The smallest absolute Gasteiger partial charge is 0.123 e. The van der Waals surface area contributed by atoms with E-state index in [1.54, 1.807) is 6.07 Å². The van der Waals surface area contributed by atoms with Crippen molar-refractivity contribution < 1.29 is 14.6 Å². The molecule has 0 bridgehead atoms. The molecule has 3 nitrogen and oxygen atoms in total. The molecule has 0 aromatic heterocycles. The lowest BCUT2D eigenvalue weighted by molar-refractivity contribution is 0.0368. The van der Waals surface area contributed by atoms with Gasteiger partial charge in [0.2, 0.25) is 0 Å². The van der Waals surface area contributed by atoms with Crippen molar-refractivity contribution in [3.05, 3.63) is 64.5 Å². The summed E-state index contributed by atoms with van der Waals surface area (Å²) in [6.07, 6.45) is 1.25. The third kappa shape index (κ3) is 3.45. The fourth-order valence-electron chi connectivity index (χ4n) is 3.43. The molecule has 0 radical (unpaired) electrons. The minimum Gasteiger partial charge on any atom is -0.508 e. The first kappa shape index (κ1) is 16.9. The highest BCUT2D eigenvalue weighted by molar-refractivity contribution is 5.43. The van der Waals surface area contributed by atoms with Gasteiger partial charge >= 0.3 is 0 Å². The van der Waals surface area contributed by atoms with Crippen molar-refractivity contribution in [2.45, 2.75) is 45.4 Å². The van der Waals surface area contributed by atoms with E-state index in [9.17, 15) is 14.6 Å². The second-order valence-corrected chi connectivity index (χ2v) is 6.72. The molecule has 2 atom stereocenters. The van der Waals surface area contributed by atoms with Gasteiger partial charge in [0.25, 0.3) is 0 Å². The number of hydrogen-bond acceptors (Lipinski definition) is 3. The van der Waals surface area contributed by atoms with Crippen molar-refractivity contribution >= 4 is 0 Å². The number of aromatic hydroxyl groups is 1. The van der Waals surface area contributed by atoms with Crippen molar-refractivity contribution in [2.75, 3.05) is 6.54 Å². The van der Waals surface area contributed by atoms with Gasteiger partial charge in [-0.25, -0.2) is 4.39 Å². The number of rotatable bonds is 4. The minimum absolute atomic E-state index is 0.00724. The van der Waals surface area contributed by atoms with E-state index < -0.39 is 6.10 Å². The molecule has 4 heteroatoms. The van der Waals surface area contributed by atoms with E-state index in [1.165, 1.54) is 12.1 Å². The Kier molecular flexibility index (Phi) is 4.88. The number of nitrogens with zero attached hydrogens (tertiary/aromatic N) is 1. The number of aliphatic hydroxyl groups is 1. The average molecular weight is 329 g/mol. The summed E-state index contributed by atoms with van der Waals surface area (Å²) in [6.45, 7) is 5.54. The molecule has 2 unspecified atom stereocenters. The molecule has 0 spiro atoms. The van der Waals surface area contributed by atoms with Gasteiger partial charge in [-0.2, -0.15) is 0 Å². The first-order valence-corrected chi connectivity index (χ1v) is 8.44. The van der Waals surface area contributed by atoms with Crippen molar-refractivity contribution in [1.82, 2.24) is 4.90 Å². The predicted molar refractivity (Wildman–Crippen MR) is 92.4 cm³/mol. The first-order chi connectivity index (χ1) is 11.5. The van der Waals surface area contributed by atoms with Crippen LogP contribution in [0.4, 0.5) is 4.39 Å². The molecule has 24 heavy (non-hydrogen) atoms. The molecule has 0 aliphatic carbocycles. The van der Waals surface area contributed by atoms with Crippen molar-refractivity contribution in [2.24, 2.45) is 0 Å². The van der Waals surface area contributed by atoms with Crippen LogP contribution in [0.5, 0.6) is 5.75 Å². The Hall–Kier alpha value is -1.91. The summed E-state index contributed by atoms with van der Waals surface area (Å²) in [5.74, 6) is 0.0338. The van der Waals surface area contributed by atoms with Gasteiger partial charge in [-0.3, -0.25) is 4.90 Å². The van der Waals surface area contributed by atoms with Crippen LogP contribution in [0.1, 0.15) is 41.7 Å². The SMILES string of the molecule is Cc1cc2c(cc1O)C(O)C(C)N(CCCc1ccc(F)cc1)C2. The molecular weight excluding hydrogens is 305 g/mol. The maximum absolute atomic E-state index is 12.9. The van der Waals surface area contributed by atoms with E-state index in [0.717, 1.165) is 48.2 Å². The summed E-state index contributed by atoms with van der Waals surface area (Å²) >= 11 is 0. The summed E-state index contributed by atoms with van der Waals surface area (Å²) in [7, 11) is 0. The van der Waals surface area contributed by atoms with Crippen LogP contribution in [-0.2, 0) is 13.0 Å². The summed E-state index contributed by atoms with van der Waals surface area (Å²) in [6, 6.07) is 10.3. The third-order valence-corrected chi connectivity index (χ3v) is 5.01. The Morgan fingerprint density at radius 2 is 1.92 bits per heavy atom. The normalized spacial score (nSPS) is 20.8. The molecule has 1 aliphatic rings. The highest BCUT2D eigenvalue weighted by atomic mass is 19.1.